The summed E-state index contributed by atoms with van der Waals surface area (Å²) in [6, 6.07) is 6.54. The van der Waals surface area contributed by atoms with Crippen LogP contribution in [0.3, 0.4) is 0 Å². The largest absolute Gasteiger partial charge is 0.352 e. The van der Waals surface area contributed by atoms with E-state index in [1.54, 1.807) is 31.2 Å². The van der Waals surface area contributed by atoms with Crippen LogP contribution in [0.25, 0.3) is 0 Å². The Labute approximate surface area is 95.6 Å². The highest BCUT2D eigenvalue weighted by Gasteiger charge is 2.10. The van der Waals surface area contributed by atoms with E-state index < -0.39 is 9.84 Å². The molecule has 16 heavy (non-hydrogen) atoms. The standard InChI is InChI=1S/C11H15NO3S/c1-3-16(14,15)11-6-4-10(5-7-11)8-12-9(2)13/h4-7H,3,8H2,1-2H3,(H,12,13). The molecule has 88 valence electrons. The molecular formula is C11H15NO3S. The first kappa shape index (κ1) is 12.7. The van der Waals surface area contributed by atoms with Gasteiger partial charge in [-0.1, -0.05) is 19.1 Å². The number of hydrogen-bond acceptors (Lipinski definition) is 3. The van der Waals surface area contributed by atoms with Crippen molar-refractivity contribution in [3.8, 4) is 0 Å². The smallest absolute Gasteiger partial charge is 0.217 e. The fourth-order valence-corrected chi connectivity index (χ4v) is 2.09. The fourth-order valence-electron chi connectivity index (χ4n) is 1.21. The van der Waals surface area contributed by atoms with Crippen molar-refractivity contribution in [2.45, 2.75) is 25.3 Å². The molecule has 1 aromatic rings. The first-order chi connectivity index (χ1) is 7.45. The Hall–Kier alpha value is -1.36. The van der Waals surface area contributed by atoms with E-state index in [1.807, 2.05) is 0 Å². The summed E-state index contributed by atoms with van der Waals surface area (Å²) >= 11 is 0. The molecule has 0 heterocycles. The van der Waals surface area contributed by atoms with Crippen molar-refractivity contribution < 1.29 is 13.2 Å². The molecule has 0 aromatic heterocycles. The Morgan fingerprint density at radius 2 is 1.81 bits per heavy atom. The first-order valence-electron chi connectivity index (χ1n) is 5.02. The molecule has 0 atom stereocenters. The molecule has 0 saturated heterocycles. The third-order valence-electron chi connectivity index (χ3n) is 2.20. The van der Waals surface area contributed by atoms with Crippen molar-refractivity contribution in [2.24, 2.45) is 0 Å². The number of rotatable bonds is 4. The van der Waals surface area contributed by atoms with Gasteiger partial charge in [0.05, 0.1) is 10.6 Å². The highest BCUT2D eigenvalue weighted by Crippen LogP contribution is 2.12. The number of sulfone groups is 1. The van der Waals surface area contributed by atoms with E-state index in [9.17, 15) is 13.2 Å². The summed E-state index contributed by atoms with van der Waals surface area (Å²) < 4.78 is 23.0. The fraction of sp³-hybridized carbons (Fsp3) is 0.364. The highest BCUT2D eigenvalue weighted by molar-refractivity contribution is 7.91. The summed E-state index contributed by atoms with van der Waals surface area (Å²) in [4.78, 5) is 11.0. The van der Waals surface area contributed by atoms with Gasteiger partial charge in [-0.3, -0.25) is 4.79 Å². The lowest BCUT2D eigenvalue weighted by Gasteiger charge is -2.04. The molecule has 1 amide bonds. The number of benzene rings is 1. The van der Waals surface area contributed by atoms with Gasteiger partial charge >= 0.3 is 0 Å². The molecule has 1 N–H and O–H groups in total. The number of nitrogens with one attached hydrogen (secondary N) is 1. The Morgan fingerprint density at radius 3 is 2.25 bits per heavy atom. The summed E-state index contributed by atoms with van der Waals surface area (Å²) in [6.45, 7) is 3.47. The maximum Gasteiger partial charge on any atom is 0.217 e. The second-order valence-corrected chi connectivity index (χ2v) is 5.74. The third kappa shape index (κ3) is 3.34. The highest BCUT2D eigenvalue weighted by atomic mass is 32.2. The van der Waals surface area contributed by atoms with E-state index in [1.165, 1.54) is 6.92 Å². The van der Waals surface area contributed by atoms with E-state index in [4.69, 9.17) is 0 Å². The maximum atomic E-state index is 11.5. The van der Waals surface area contributed by atoms with E-state index in [0.29, 0.717) is 11.4 Å². The Balaban J connectivity index is 2.80. The predicted octanol–water partition coefficient (Wildman–Crippen LogP) is 1.12. The molecule has 0 aliphatic rings. The van der Waals surface area contributed by atoms with E-state index >= 15 is 0 Å². The molecule has 1 aromatic carbocycles. The number of hydrogen-bond donors (Lipinski definition) is 1. The molecule has 0 unspecified atom stereocenters. The minimum atomic E-state index is -3.13. The van der Waals surface area contributed by atoms with Gasteiger partial charge in [0.15, 0.2) is 9.84 Å². The Kier molecular flexibility index (Phi) is 4.06. The van der Waals surface area contributed by atoms with Gasteiger partial charge in [-0.2, -0.15) is 0 Å². The van der Waals surface area contributed by atoms with E-state index in [0.717, 1.165) is 5.56 Å². The number of carbonyl (C=O) groups is 1. The average Bonchev–Trinajstić information content (AvgIpc) is 2.27. The summed E-state index contributed by atoms with van der Waals surface area (Å²) in [5.74, 6) is -0.0110. The first-order valence-corrected chi connectivity index (χ1v) is 6.67. The zero-order chi connectivity index (χ0) is 12.2. The zero-order valence-corrected chi connectivity index (χ0v) is 10.2. The Bertz CT molecular complexity index is 463. The second-order valence-electron chi connectivity index (χ2n) is 3.46. The van der Waals surface area contributed by atoms with Crippen LogP contribution in [0.5, 0.6) is 0 Å². The lowest BCUT2D eigenvalue weighted by Crippen LogP contribution is -2.18. The lowest BCUT2D eigenvalue weighted by molar-refractivity contribution is -0.119. The van der Waals surface area contributed by atoms with Crippen LogP contribution < -0.4 is 5.32 Å². The number of amides is 1. The molecule has 0 aliphatic carbocycles. The predicted molar refractivity (Wildman–Crippen MR) is 61.7 cm³/mol. The second kappa shape index (κ2) is 5.12. The van der Waals surface area contributed by atoms with Crippen molar-refractivity contribution in [1.29, 1.82) is 0 Å². The molecule has 5 heteroatoms. The average molecular weight is 241 g/mol. The molecule has 0 bridgehead atoms. The van der Waals surface area contributed by atoms with Gasteiger partial charge in [0.25, 0.3) is 0 Å². The van der Waals surface area contributed by atoms with Crippen LogP contribution in [0.15, 0.2) is 29.2 Å². The van der Waals surface area contributed by atoms with Gasteiger partial charge in [0.2, 0.25) is 5.91 Å². The molecule has 1 rings (SSSR count). The van der Waals surface area contributed by atoms with Crippen molar-refractivity contribution in [3.05, 3.63) is 29.8 Å². The van der Waals surface area contributed by atoms with Gasteiger partial charge < -0.3 is 5.32 Å². The quantitative estimate of drug-likeness (QED) is 0.859. The number of carbonyl (C=O) groups excluding carboxylic acids is 1. The van der Waals surface area contributed by atoms with E-state index in [-0.39, 0.29) is 11.7 Å². The summed E-state index contributed by atoms with van der Waals surface area (Å²) in [5.41, 5.74) is 0.880. The van der Waals surface area contributed by atoms with E-state index in [2.05, 4.69) is 5.32 Å². The molecule has 0 spiro atoms. The van der Waals surface area contributed by atoms with Gasteiger partial charge in [0.1, 0.15) is 0 Å². The zero-order valence-electron chi connectivity index (χ0n) is 9.36. The maximum absolute atomic E-state index is 11.5. The van der Waals surface area contributed by atoms with Crippen LogP contribution in [0.1, 0.15) is 19.4 Å². The molecule has 4 nitrogen and oxygen atoms in total. The third-order valence-corrected chi connectivity index (χ3v) is 3.95. The van der Waals surface area contributed by atoms with Crippen LogP contribution >= 0.6 is 0 Å². The van der Waals surface area contributed by atoms with Crippen molar-refractivity contribution in [2.75, 3.05) is 5.75 Å². The minimum absolute atomic E-state index is 0.0953. The van der Waals surface area contributed by atoms with Crippen molar-refractivity contribution >= 4 is 15.7 Å². The molecule has 0 radical (unpaired) electrons. The van der Waals surface area contributed by atoms with Crippen LogP contribution in [-0.2, 0) is 21.2 Å². The molecule has 0 saturated carbocycles. The van der Waals surface area contributed by atoms with Crippen molar-refractivity contribution in [1.82, 2.24) is 5.32 Å². The minimum Gasteiger partial charge on any atom is -0.352 e. The summed E-state index contributed by atoms with van der Waals surface area (Å²) in [6.07, 6.45) is 0. The van der Waals surface area contributed by atoms with Crippen LogP contribution in [-0.4, -0.2) is 20.1 Å². The molecule has 0 fully saturated rings. The van der Waals surface area contributed by atoms with Gasteiger partial charge in [-0.15, -0.1) is 0 Å². The van der Waals surface area contributed by atoms with Crippen LogP contribution in [0.4, 0.5) is 0 Å². The summed E-state index contributed by atoms with van der Waals surface area (Å²) in [7, 11) is -3.13. The molecule has 0 aliphatic heterocycles. The van der Waals surface area contributed by atoms with Crippen molar-refractivity contribution in [3.63, 3.8) is 0 Å². The van der Waals surface area contributed by atoms with Gasteiger partial charge in [0, 0.05) is 13.5 Å². The SMILES string of the molecule is CCS(=O)(=O)c1ccc(CNC(C)=O)cc1. The van der Waals surface area contributed by atoms with Gasteiger partial charge in [-0.05, 0) is 17.7 Å². The lowest BCUT2D eigenvalue weighted by atomic mass is 10.2. The topological polar surface area (TPSA) is 63.2 Å². The normalized spacial score (nSPS) is 11.1. The van der Waals surface area contributed by atoms with Crippen LogP contribution in [0.2, 0.25) is 0 Å². The van der Waals surface area contributed by atoms with Crippen LogP contribution in [0, 0.1) is 0 Å². The molecular weight excluding hydrogens is 226 g/mol. The Morgan fingerprint density at radius 1 is 1.25 bits per heavy atom. The van der Waals surface area contributed by atoms with Gasteiger partial charge in [-0.25, -0.2) is 8.42 Å². The summed E-state index contributed by atoms with van der Waals surface area (Å²) in [5, 5.41) is 2.65. The monoisotopic (exact) mass is 241 g/mol.